The Balaban J connectivity index is 3.31. The Morgan fingerprint density at radius 2 is 1.56 bits per heavy atom. The van der Waals surface area contributed by atoms with Crippen molar-refractivity contribution in [1.82, 2.24) is 15.0 Å². The highest BCUT2D eigenvalue weighted by molar-refractivity contribution is 5.25. The lowest BCUT2D eigenvalue weighted by Gasteiger charge is -2.26. The summed E-state index contributed by atoms with van der Waals surface area (Å²) in [6, 6.07) is 0. The zero-order chi connectivity index (χ0) is 12.6. The number of hydrogen-bond acceptors (Lipinski definition) is 2. The SMILES string of the molecule is CCCn1nnc(C(C)(C)C)c1C(C)(C)C. The summed E-state index contributed by atoms with van der Waals surface area (Å²) in [6.45, 7) is 16.4. The van der Waals surface area contributed by atoms with Crippen LogP contribution in [0.4, 0.5) is 0 Å². The molecule has 0 aliphatic heterocycles. The summed E-state index contributed by atoms with van der Waals surface area (Å²) >= 11 is 0. The molecule has 1 heterocycles. The molecular weight excluding hydrogens is 198 g/mol. The van der Waals surface area contributed by atoms with Gasteiger partial charge in [-0.05, 0) is 6.42 Å². The van der Waals surface area contributed by atoms with Gasteiger partial charge in [-0.25, -0.2) is 4.68 Å². The first-order valence-corrected chi connectivity index (χ1v) is 6.12. The molecular formula is C13H25N3. The number of hydrogen-bond donors (Lipinski definition) is 0. The van der Waals surface area contributed by atoms with E-state index in [2.05, 4.69) is 63.5 Å². The van der Waals surface area contributed by atoms with Gasteiger partial charge in [0.05, 0.1) is 11.4 Å². The normalized spacial score (nSPS) is 13.2. The van der Waals surface area contributed by atoms with Gasteiger partial charge in [-0.2, -0.15) is 0 Å². The zero-order valence-corrected chi connectivity index (χ0v) is 11.8. The Kier molecular flexibility index (Phi) is 3.46. The Morgan fingerprint density at radius 1 is 1.00 bits per heavy atom. The molecule has 0 unspecified atom stereocenters. The highest BCUT2D eigenvalue weighted by atomic mass is 15.4. The quantitative estimate of drug-likeness (QED) is 0.770. The second-order valence-electron chi connectivity index (χ2n) is 6.51. The monoisotopic (exact) mass is 223 g/mol. The van der Waals surface area contributed by atoms with E-state index in [4.69, 9.17) is 0 Å². The molecule has 0 N–H and O–H groups in total. The second-order valence-corrected chi connectivity index (χ2v) is 6.51. The second kappa shape index (κ2) is 4.19. The molecule has 0 radical (unpaired) electrons. The fourth-order valence-electron chi connectivity index (χ4n) is 1.93. The first kappa shape index (κ1) is 13.2. The highest BCUT2D eigenvalue weighted by Gasteiger charge is 2.31. The number of aryl methyl sites for hydroxylation is 1. The molecule has 0 amide bonds. The van der Waals surface area contributed by atoms with Crippen molar-refractivity contribution in [2.24, 2.45) is 0 Å². The molecule has 0 bridgehead atoms. The van der Waals surface area contributed by atoms with Crippen molar-refractivity contribution in [3.8, 4) is 0 Å². The van der Waals surface area contributed by atoms with E-state index in [1.165, 1.54) is 5.69 Å². The molecule has 0 saturated carbocycles. The van der Waals surface area contributed by atoms with Crippen LogP contribution in [0.3, 0.4) is 0 Å². The van der Waals surface area contributed by atoms with Gasteiger partial charge in [0.2, 0.25) is 0 Å². The van der Waals surface area contributed by atoms with Gasteiger partial charge >= 0.3 is 0 Å². The smallest absolute Gasteiger partial charge is 0.0917 e. The third-order valence-electron chi connectivity index (χ3n) is 2.59. The Labute approximate surface area is 99.2 Å². The molecule has 0 aromatic carbocycles. The van der Waals surface area contributed by atoms with Crippen LogP contribution < -0.4 is 0 Å². The molecule has 3 nitrogen and oxygen atoms in total. The molecule has 1 aromatic heterocycles. The average molecular weight is 223 g/mol. The Morgan fingerprint density at radius 3 is 1.94 bits per heavy atom. The van der Waals surface area contributed by atoms with E-state index in [0.29, 0.717) is 0 Å². The van der Waals surface area contributed by atoms with Gasteiger partial charge in [0.15, 0.2) is 0 Å². The van der Waals surface area contributed by atoms with Gasteiger partial charge in [0.25, 0.3) is 0 Å². The van der Waals surface area contributed by atoms with E-state index in [0.717, 1.165) is 18.7 Å². The summed E-state index contributed by atoms with van der Waals surface area (Å²) < 4.78 is 2.07. The molecule has 1 aromatic rings. The maximum Gasteiger partial charge on any atom is 0.0917 e. The molecule has 0 saturated heterocycles. The van der Waals surface area contributed by atoms with E-state index < -0.39 is 0 Å². The maximum atomic E-state index is 4.39. The van der Waals surface area contributed by atoms with Crippen molar-refractivity contribution in [2.75, 3.05) is 0 Å². The van der Waals surface area contributed by atoms with Crippen LogP contribution in [-0.4, -0.2) is 15.0 Å². The summed E-state index contributed by atoms with van der Waals surface area (Å²) in [5, 5.41) is 8.69. The topological polar surface area (TPSA) is 30.7 Å². The van der Waals surface area contributed by atoms with Crippen molar-refractivity contribution >= 4 is 0 Å². The van der Waals surface area contributed by atoms with Crippen molar-refractivity contribution in [2.45, 2.75) is 72.3 Å². The summed E-state index contributed by atoms with van der Waals surface area (Å²) in [4.78, 5) is 0. The van der Waals surface area contributed by atoms with Crippen LogP contribution in [0.1, 0.15) is 66.3 Å². The minimum absolute atomic E-state index is 0.0641. The van der Waals surface area contributed by atoms with E-state index in [1.54, 1.807) is 0 Å². The summed E-state index contributed by atoms with van der Waals surface area (Å²) in [7, 11) is 0. The van der Waals surface area contributed by atoms with Crippen molar-refractivity contribution in [3.63, 3.8) is 0 Å². The fraction of sp³-hybridized carbons (Fsp3) is 0.846. The van der Waals surface area contributed by atoms with Crippen molar-refractivity contribution in [3.05, 3.63) is 11.4 Å². The Hall–Kier alpha value is -0.860. The molecule has 0 spiro atoms. The van der Waals surface area contributed by atoms with E-state index in [-0.39, 0.29) is 10.8 Å². The van der Waals surface area contributed by atoms with Gasteiger partial charge in [-0.1, -0.05) is 53.7 Å². The highest BCUT2D eigenvalue weighted by Crippen LogP contribution is 2.32. The van der Waals surface area contributed by atoms with Crippen LogP contribution in [0.15, 0.2) is 0 Å². The Bertz CT molecular complexity index is 350. The molecule has 16 heavy (non-hydrogen) atoms. The van der Waals surface area contributed by atoms with Crippen LogP contribution in [0.5, 0.6) is 0 Å². The third kappa shape index (κ3) is 2.63. The predicted molar refractivity (Wildman–Crippen MR) is 67.7 cm³/mol. The molecule has 0 atom stereocenters. The van der Waals surface area contributed by atoms with Crippen LogP contribution in [-0.2, 0) is 17.4 Å². The lowest BCUT2D eigenvalue weighted by molar-refractivity contribution is 0.462. The summed E-state index contributed by atoms with van der Waals surface area (Å²) in [5.41, 5.74) is 2.57. The van der Waals surface area contributed by atoms with Crippen LogP contribution in [0.25, 0.3) is 0 Å². The minimum atomic E-state index is 0.0641. The van der Waals surface area contributed by atoms with Gasteiger partial charge < -0.3 is 0 Å². The fourth-order valence-corrected chi connectivity index (χ4v) is 1.93. The standard InChI is InChI=1S/C13H25N3/c1-8-9-16-11(13(5,6)7)10(14-15-16)12(2,3)4/h8-9H2,1-7H3. The number of nitrogens with zero attached hydrogens (tertiary/aromatic N) is 3. The lowest BCUT2D eigenvalue weighted by atomic mass is 9.82. The molecule has 92 valence electrons. The first-order valence-electron chi connectivity index (χ1n) is 6.12. The number of rotatable bonds is 2. The van der Waals surface area contributed by atoms with Gasteiger partial charge in [0, 0.05) is 17.4 Å². The van der Waals surface area contributed by atoms with Crippen LogP contribution in [0, 0.1) is 0 Å². The molecule has 0 aliphatic carbocycles. The van der Waals surface area contributed by atoms with Gasteiger partial charge in [-0.3, -0.25) is 0 Å². The van der Waals surface area contributed by atoms with Crippen LogP contribution in [0.2, 0.25) is 0 Å². The minimum Gasteiger partial charge on any atom is -0.249 e. The van der Waals surface area contributed by atoms with Crippen LogP contribution >= 0.6 is 0 Å². The zero-order valence-electron chi connectivity index (χ0n) is 11.8. The maximum absolute atomic E-state index is 4.39. The molecule has 0 fully saturated rings. The molecule has 1 rings (SSSR count). The summed E-state index contributed by atoms with van der Waals surface area (Å²) in [6.07, 6.45) is 1.09. The lowest BCUT2D eigenvalue weighted by Crippen LogP contribution is -2.25. The van der Waals surface area contributed by atoms with Gasteiger partial charge in [-0.15, -0.1) is 5.10 Å². The predicted octanol–water partition coefficient (Wildman–Crippen LogP) is 3.28. The van der Waals surface area contributed by atoms with Gasteiger partial charge in [0.1, 0.15) is 0 Å². The van der Waals surface area contributed by atoms with E-state index in [9.17, 15) is 0 Å². The van der Waals surface area contributed by atoms with E-state index in [1.807, 2.05) is 0 Å². The third-order valence-corrected chi connectivity index (χ3v) is 2.59. The largest absolute Gasteiger partial charge is 0.249 e. The number of aromatic nitrogens is 3. The van der Waals surface area contributed by atoms with E-state index >= 15 is 0 Å². The van der Waals surface area contributed by atoms with Crippen molar-refractivity contribution in [1.29, 1.82) is 0 Å². The average Bonchev–Trinajstić information content (AvgIpc) is 2.46. The molecule has 3 heteroatoms. The van der Waals surface area contributed by atoms with Crippen molar-refractivity contribution < 1.29 is 0 Å². The first-order chi connectivity index (χ1) is 7.18. The molecule has 0 aliphatic rings. The summed E-state index contributed by atoms with van der Waals surface area (Å²) in [5.74, 6) is 0.